The lowest BCUT2D eigenvalue weighted by Crippen LogP contribution is -2.28. The molecule has 0 aliphatic rings. The predicted octanol–water partition coefficient (Wildman–Crippen LogP) is 11.8. The third kappa shape index (κ3) is 35.6. The summed E-state index contributed by atoms with van der Waals surface area (Å²) in [7, 11) is 0. The van der Waals surface area contributed by atoms with Gasteiger partial charge in [0.25, 0.3) is 0 Å². The molecule has 0 aliphatic heterocycles. The zero-order chi connectivity index (χ0) is 36.8. The van der Waals surface area contributed by atoms with E-state index >= 15 is 0 Å². The Labute approximate surface area is 308 Å². The Bertz CT molecular complexity index is 876. The Kier molecular flexibility index (Phi) is 36.4. The summed E-state index contributed by atoms with van der Waals surface area (Å²) in [5.41, 5.74) is 0. The second kappa shape index (κ2) is 38.1. The van der Waals surface area contributed by atoms with Gasteiger partial charge in [0, 0.05) is 12.8 Å². The molecule has 0 saturated carbocycles. The largest absolute Gasteiger partial charge is 0.462 e. The smallest absolute Gasteiger partial charge is 0.306 e. The molecule has 0 aromatic heterocycles. The molecular weight excluding hydrogens is 624 g/mol. The first-order valence-electron chi connectivity index (χ1n) is 20.7. The van der Waals surface area contributed by atoms with Crippen LogP contribution in [0.4, 0.5) is 0 Å². The van der Waals surface area contributed by atoms with Gasteiger partial charge in [-0.25, -0.2) is 0 Å². The first-order chi connectivity index (χ1) is 24.4. The molecule has 0 radical (unpaired) electrons. The Morgan fingerprint density at radius 2 is 1.10 bits per heavy atom. The van der Waals surface area contributed by atoms with Gasteiger partial charge < -0.3 is 19.7 Å². The van der Waals surface area contributed by atoms with Crippen molar-refractivity contribution in [1.82, 2.24) is 0 Å². The highest BCUT2D eigenvalue weighted by atomic mass is 16.6. The number of aliphatic hydroxyl groups is 2. The van der Waals surface area contributed by atoms with Gasteiger partial charge in [-0.05, 0) is 50.9 Å². The highest BCUT2D eigenvalue weighted by Gasteiger charge is 2.16. The van der Waals surface area contributed by atoms with E-state index in [1.54, 1.807) is 0 Å². The minimum Gasteiger partial charge on any atom is -0.462 e. The minimum absolute atomic E-state index is 0.105. The van der Waals surface area contributed by atoms with E-state index in [0.717, 1.165) is 70.1 Å². The SMILES string of the molecule is CCCC[C@H](O)/C=C\C/C=C\C/C=C\C/C=C\CCCC(=O)OC[C@H](CO)OC(=O)CCCCCCCCCCCCCCCCC(C)CC. The fourth-order valence-electron chi connectivity index (χ4n) is 5.66. The molecule has 0 aromatic rings. The molecule has 6 nitrogen and oxygen atoms in total. The zero-order valence-electron chi connectivity index (χ0n) is 32.7. The van der Waals surface area contributed by atoms with Crippen LogP contribution in [0.5, 0.6) is 0 Å². The minimum atomic E-state index is -0.803. The van der Waals surface area contributed by atoms with Gasteiger partial charge in [0.1, 0.15) is 6.61 Å². The van der Waals surface area contributed by atoms with Crippen LogP contribution in [0.2, 0.25) is 0 Å². The van der Waals surface area contributed by atoms with E-state index in [1.807, 2.05) is 12.2 Å². The van der Waals surface area contributed by atoms with Crippen LogP contribution < -0.4 is 0 Å². The second-order valence-electron chi connectivity index (χ2n) is 14.1. The van der Waals surface area contributed by atoms with Crippen molar-refractivity contribution in [3.05, 3.63) is 48.6 Å². The van der Waals surface area contributed by atoms with Gasteiger partial charge in [-0.2, -0.15) is 0 Å². The Balaban J connectivity index is 3.66. The van der Waals surface area contributed by atoms with Gasteiger partial charge in [-0.3, -0.25) is 9.59 Å². The average Bonchev–Trinajstić information content (AvgIpc) is 3.12. The van der Waals surface area contributed by atoms with Crippen LogP contribution in [-0.2, 0) is 19.1 Å². The summed E-state index contributed by atoms with van der Waals surface area (Å²) in [6.07, 6.45) is 43.6. The number of unbranched alkanes of at least 4 members (excludes halogenated alkanes) is 15. The van der Waals surface area contributed by atoms with Gasteiger partial charge >= 0.3 is 11.9 Å². The molecule has 0 aliphatic carbocycles. The molecule has 0 heterocycles. The van der Waals surface area contributed by atoms with E-state index in [-0.39, 0.29) is 31.3 Å². The van der Waals surface area contributed by atoms with Crippen LogP contribution in [0, 0.1) is 5.92 Å². The van der Waals surface area contributed by atoms with Crippen LogP contribution in [0.15, 0.2) is 48.6 Å². The number of rotatable bonds is 36. The van der Waals surface area contributed by atoms with Crippen molar-refractivity contribution in [1.29, 1.82) is 0 Å². The summed E-state index contributed by atoms with van der Waals surface area (Å²) in [5, 5.41) is 19.3. The average molecular weight is 703 g/mol. The van der Waals surface area contributed by atoms with Crippen molar-refractivity contribution in [2.45, 2.75) is 200 Å². The normalized spacial score (nSPS) is 13.9. The maximum absolute atomic E-state index is 12.2. The molecule has 0 spiro atoms. The third-order valence-electron chi connectivity index (χ3n) is 9.24. The van der Waals surface area contributed by atoms with Gasteiger partial charge in [-0.1, -0.05) is 179 Å². The van der Waals surface area contributed by atoms with Gasteiger partial charge in [0.2, 0.25) is 0 Å². The lowest BCUT2D eigenvalue weighted by molar-refractivity contribution is -0.161. The number of carbonyl (C=O) groups is 2. The second-order valence-corrected chi connectivity index (χ2v) is 14.1. The number of ether oxygens (including phenoxy) is 2. The molecule has 290 valence electrons. The molecule has 3 atom stereocenters. The molecule has 50 heavy (non-hydrogen) atoms. The van der Waals surface area contributed by atoms with Crippen molar-refractivity contribution < 1.29 is 29.3 Å². The third-order valence-corrected chi connectivity index (χ3v) is 9.24. The van der Waals surface area contributed by atoms with E-state index in [0.29, 0.717) is 19.3 Å². The number of carbonyl (C=O) groups excluding carboxylic acids is 2. The Morgan fingerprint density at radius 3 is 1.64 bits per heavy atom. The van der Waals surface area contributed by atoms with E-state index in [9.17, 15) is 19.8 Å². The molecule has 0 bridgehead atoms. The maximum Gasteiger partial charge on any atom is 0.306 e. The van der Waals surface area contributed by atoms with Crippen molar-refractivity contribution in [3.63, 3.8) is 0 Å². The Morgan fingerprint density at radius 1 is 0.600 bits per heavy atom. The molecular formula is C44H78O6. The number of hydrogen-bond donors (Lipinski definition) is 2. The molecule has 0 saturated heterocycles. The van der Waals surface area contributed by atoms with Crippen molar-refractivity contribution >= 4 is 11.9 Å². The van der Waals surface area contributed by atoms with Gasteiger partial charge in [-0.15, -0.1) is 0 Å². The zero-order valence-corrected chi connectivity index (χ0v) is 32.7. The standard InChI is InChI=1S/C44H78O6/c1-4-6-34-41(46)35-30-26-22-18-14-11-12-15-19-23-27-31-36-43(47)49-39-42(38-45)50-44(48)37-32-28-24-20-16-10-8-7-9-13-17-21-25-29-33-40(3)5-2/h11-12,18-19,22-23,30,35,40-42,45-46H,4-10,13-17,20-21,24-29,31-34,36-39H2,1-3H3/b12-11-,22-18-,23-19-,35-30-/t40?,41-,42-/m0/s1. The lowest BCUT2D eigenvalue weighted by Gasteiger charge is -2.15. The fraction of sp³-hybridized carbons (Fsp3) is 0.773. The number of esters is 2. The van der Waals surface area contributed by atoms with Crippen molar-refractivity contribution in [3.8, 4) is 0 Å². The summed E-state index contributed by atoms with van der Waals surface area (Å²) in [6, 6.07) is 0. The summed E-state index contributed by atoms with van der Waals surface area (Å²) < 4.78 is 10.6. The maximum atomic E-state index is 12.2. The van der Waals surface area contributed by atoms with Crippen LogP contribution in [0.3, 0.4) is 0 Å². The van der Waals surface area contributed by atoms with Crippen LogP contribution in [-0.4, -0.2) is 47.6 Å². The summed E-state index contributed by atoms with van der Waals surface area (Å²) in [6.45, 7) is 6.32. The van der Waals surface area contributed by atoms with E-state index in [4.69, 9.17) is 9.47 Å². The first-order valence-corrected chi connectivity index (χ1v) is 20.7. The van der Waals surface area contributed by atoms with Crippen molar-refractivity contribution in [2.24, 2.45) is 5.92 Å². The molecule has 0 rings (SSSR count). The highest BCUT2D eigenvalue weighted by molar-refractivity contribution is 5.70. The van der Waals surface area contributed by atoms with E-state index in [2.05, 4.69) is 57.2 Å². The Hall–Kier alpha value is -2.18. The number of hydrogen-bond acceptors (Lipinski definition) is 6. The van der Waals surface area contributed by atoms with Crippen LogP contribution >= 0.6 is 0 Å². The molecule has 1 unspecified atom stereocenters. The molecule has 0 amide bonds. The van der Waals surface area contributed by atoms with E-state index < -0.39 is 6.10 Å². The van der Waals surface area contributed by atoms with E-state index in [1.165, 1.54) is 83.5 Å². The highest BCUT2D eigenvalue weighted by Crippen LogP contribution is 2.16. The summed E-state index contributed by atoms with van der Waals surface area (Å²) in [5.74, 6) is 0.218. The summed E-state index contributed by atoms with van der Waals surface area (Å²) >= 11 is 0. The van der Waals surface area contributed by atoms with Crippen molar-refractivity contribution in [2.75, 3.05) is 13.2 Å². The molecule has 0 aromatic carbocycles. The van der Waals surface area contributed by atoms with Crippen LogP contribution in [0.1, 0.15) is 188 Å². The molecule has 6 heteroatoms. The fourth-order valence-corrected chi connectivity index (χ4v) is 5.66. The number of allylic oxidation sites excluding steroid dienone is 7. The van der Waals surface area contributed by atoms with Gasteiger partial charge in [0.05, 0.1) is 12.7 Å². The van der Waals surface area contributed by atoms with Crippen LogP contribution in [0.25, 0.3) is 0 Å². The topological polar surface area (TPSA) is 93.1 Å². The quantitative estimate of drug-likeness (QED) is 0.0383. The molecule has 0 fully saturated rings. The molecule has 2 N–H and O–H groups in total. The predicted molar refractivity (Wildman–Crippen MR) is 211 cm³/mol. The summed E-state index contributed by atoms with van der Waals surface area (Å²) in [4.78, 5) is 24.3. The number of aliphatic hydroxyl groups excluding tert-OH is 2. The lowest BCUT2D eigenvalue weighted by atomic mass is 9.99. The monoisotopic (exact) mass is 703 g/mol. The van der Waals surface area contributed by atoms with Gasteiger partial charge in [0.15, 0.2) is 6.10 Å². The first kappa shape index (κ1) is 47.8.